The lowest BCUT2D eigenvalue weighted by atomic mass is 9.90. The topological polar surface area (TPSA) is 75.6 Å². The highest BCUT2D eigenvalue weighted by atomic mass is 16.5. The molecule has 1 saturated heterocycles. The number of carboxylic acids is 1. The molecule has 0 aromatic heterocycles. The Bertz CT molecular complexity index is 384. The molecule has 3 unspecified atom stereocenters. The second-order valence-electron chi connectivity index (χ2n) is 6.30. The maximum Gasteiger partial charge on any atom is 0.307 e. The van der Waals surface area contributed by atoms with Crippen molar-refractivity contribution in [3.8, 4) is 0 Å². The maximum absolute atomic E-state index is 12.4. The summed E-state index contributed by atoms with van der Waals surface area (Å²) in [6.07, 6.45) is 2.00. The van der Waals surface area contributed by atoms with E-state index >= 15 is 0 Å². The fourth-order valence-electron chi connectivity index (χ4n) is 3.23. The summed E-state index contributed by atoms with van der Waals surface area (Å²) < 4.78 is 5.50. The molecular formula is C14H23NO4. The monoisotopic (exact) mass is 269 g/mol. The fourth-order valence-corrected chi connectivity index (χ4v) is 3.23. The molecule has 2 rings (SSSR count). The zero-order valence-corrected chi connectivity index (χ0v) is 11.8. The summed E-state index contributed by atoms with van der Waals surface area (Å²) in [5, 5.41) is 12.2. The van der Waals surface area contributed by atoms with Crippen LogP contribution in [-0.4, -0.2) is 35.2 Å². The Morgan fingerprint density at radius 2 is 1.89 bits per heavy atom. The van der Waals surface area contributed by atoms with Gasteiger partial charge in [-0.25, -0.2) is 0 Å². The van der Waals surface area contributed by atoms with Crippen molar-refractivity contribution in [2.24, 2.45) is 17.8 Å². The third-order valence-electron chi connectivity index (χ3n) is 4.75. The predicted octanol–water partition coefficient (Wildman–Crippen LogP) is 1.42. The molecule has 0 aromatic carbocycles. The van der Waals surface area contributed by atoms with Gasteiger partial charge in [0.1, 0.15) is 0 Å². The minimum atomic E-state index is -0.856. The molecular weight excluding hydrogens is 246 g/mol. The highest BCUT2D eigenvalue weighted by Crippen LogP contribution is 2.37. The zero-order chi connectivity index (χ0) is 14.2. The van der Waals surface area contributed by atoms with Crippen molar-refractivity contribution in [2.75, 3.05) is 6.61 Å². The number of aliphatic carboxylic acids is 1. The molecule has 5 atom stereocenters. The molecule has 2 N–H and O–H groups in total. The van der Waals surface area contributed by atoms with Gasteiger partial charge in [0.15, 0.2) is 0 Å². The molecule has 5 nitrogen and oxygen atoms in total. The normalized spacial score (nSPS) is 42.3. The number of hydrogen-bond donors (Lipinski definition) is 2. The molecule has 0 radical (unpaired) electrons. The number of hydrogen-bond acceptors (Lipinski definition) is 3. The van der Waals surface area contributed by atoms with Crippen molar-refractivity contribution >= 4 is 11.9 Å². The van der Waals surface area contributed by atoms with Crippen molar-refractivity contribution in [1.29, 1.82) is 0 Å². The Kier molecular flexibility index (Phi) is 3.85. The quantitative estimate of drug-likeness (QED) is 0.812. The van der Waals surface area contributed by atoms with Crippen LogP contribution in [-0.2, 0) is 14.3 Å². The first-order valence-electron chi connectivity index (χ1n) is 7.00. The molecule has 0 spiro atoms. The first-order chi connectivity index (χ1) is 8.83. The van der Waals surface area contributed by atoms with E-state index in [1.165, 1.54) is 0 Å². The van der Waals surface area contributed by atoms with Crippen LogP contribution >= 0.6 is 0 Å². The molecule has 0 aromatic rings. The van der Waals surface area contributed by atoms with Crippen LogP contribution in [0.2, 0.25) is 0 Å². The Balaban J connectivity index is 2.05. The summed E-state index contributed by atoms with van der Waals surface area (Å²) in [5.74, 6) is -1.64. The molecule has 5 heteroatoms. The molecule has 2 fully saturated rings. The Morgan fingerprint density at radius 1 is 1.26 bits per heavy atom. The zero-order valence-electron chi connectivity index (χ0n) is 11.8. The van der Waals surface area contributed by atoms with Gasteiger partial charge in [0.05, 0.1) is 23.5 Å². The molecule has 1 aliphatic heterocycles. The van der Waals surface area contributed by atoms with Crippen molar-refractivity contribution < 1.29 is 19.4 Å². The van der Waals surface area contributed by atoms with Crippen LogP contribution < -0.4 is 5.32 Å². The smallest absolute Gasteiger partial charge is 0.307 e. The number of nitrogens with one attached hydrogen (secondary N) is 1. The molecule has 108 valence electrons. The molecule has 1 heterocycles. The van der Waals surface area contributed by atoms with Gasteiger partial charge >= 0.3 is 5.97 Å². The molecule has 2 aliphatic rings. The molecule has 1 amide bonds. The summed E-state index contributed by atoms with van der Waals surface area (Å²) in [4.78, 5) is 23.6. The van der Waals surface area contributed by atoms with Gasteiger partial charge in [-0.15, -0.1) is 0 Å². The van der Waals surface area contributed by atoms with E-state index < -0.39 is 17.8 Å². The summed E-state index contributed by atoms with van der Waals surface area (Å²) in [6, 6.07) is 0. The number of rotatable bonds is 3. The van der Waals surface area contributed by atoms with E-state index in [9.17, 15) is 14.7 Å². The Labute approximate surface area is 113 Å². The fraction of sp³-hybridized carbons (Fsp3) is 0.857. The van der Waals surface area contributed by atoms with Crippen LogP contribution in [0.1, 0.15) is 40.0 Å². The van der Waals surface area contributed by atoms with E-state index in [1.807, 2.05) is 20.8 Å². The lowest BCUT2D eigenvalue weighted by Gasteiger charge is -2.31. The summed E-state index contributed by atoms with van der Waals surface area (Å²) in [5.41, 5.74) is -0.369. The Morgan fingerprint density at radius 3 is 2.42 bits per heavy atom. The van der Waals surface area contributed by atoms with Gasteiger partial charge in [0, 0.05) is 6.61 Å². The SMILES string of the molecule is CC1C[C@H](C(=O)NC2(C)CCOC2C)[C@H](C(=O)O)C1. The molecule has 0 bridgehead atoms. The van der Waals surface area contributed by atoms with Gasteiger partial charge in [-0.2, -0.15) is 0 Å². The van der Waals surface area contributed by atoms with E-state index in [4.69, 9.17) is 4.74 Å². The van der Waals surface area contributed by atoms with E-state index in [0.29, 0.717) is 25.4 Å². The van der Waals surface area contributed by atoms with Gasteiger partial charge in [-0.3, -0.25) is 9.59 Å². The van der Waals surface area contributed by atoms with Crippen molar-refractivity contribution in [3.05, 3.63) is 0 Å². The third-order valence-corrected chi connectivity index (χ3v) is 4.75. The van der Waals surface area contributed by atoms with E-state index in [0.717, 1.165) is 6.42 Å². The molecule has 19 heavy (non-hydrogen) atoms. The lowest BCUT2D eigenvalue weighted by Crippen LogP contribution is -2.53. The lowest BCUT2D eigenvalue weighted by molar-refractivity contribution is -0.146. The highest BCUT2D eigenvalue weighted by molar-refractivity contribution is 5.85. The Hall–Kier alpha value is -1.10. The van der Waals surface area contributed by atoms with Gasteiger partial charge in [0.2, 0.25) is 5.91 Å². The summed E-state index contributed by atoms with van der Waals surface area (Å²) in [7, 11) is 0. The minimum absolute atomic E-state index is 0.0291. The minimum Gasteiger partial charge on any atom is -0.481 e. The first-order valence-corrected chi connectivity index (χ1v) is 7.00. The van der Waals surface area contributed by atoms with Crippen molar-refractivity contribution in [2.45, 2.75) is 51.7 Å². The van der Waals surface area contributed by atoms with E-state index in [1.54, 1.807) is 0 Å². The first kappa shape index (κ1) is 14.3. The van der Waals surface area contributed by atoms with Gasteiger partial charge in [-0.1, -0.05) is 6.92 Å². The molecule has 1 saturated carbocycles. The van der Waals surface area contributed by atoms with Crippen LogP contribution in [0.3, 0.4) is 0 Å². The number of ether oxygens (including phenoxy) is 1. The summed E-state index contributed by atoms with van der Waals surface area (Å²) in [6.45, 7) is 6.56. The van der Waals surface area contributed by atoms with Crippen molar-refractivity contribution in [1.82, 2.24) is 5.32 Å². The second kappa shape index (κ2) is 5.12. The van der Waals surface area contributed by atoms with Gasteiger partial charge in [0.25, 0.3) is 0 Å². The molecule has 1 aliphatic carbocycles. The third kappa shape index (κ3) is 2.76. The summed E-state index contributed by atoms with van der Waals surface area (Å²) >= 11 is 0. The van der Waals surface area contributed by atoms with Crippen LogP contribution in [0.4, 0.5) is 0 Å². The number of amides is 1. The number of carbonyl (C=O) groups excluding carboxylic acids is 1. The van der Waals surface area contributed by atoms with Crippen LogP contribution in [0.25, 0.3) is 0 Å². The second-order valence-corrected chi connectivity index (χ2v) is 6.30. The predicted molar refractivity (Wildman–Crippen MR) is 69.6 cm³/mol. The average Bonchev–Trinajstić information content (AvgIpc) is 2.84. The van der Waals surface area contributed by atoms with Gasteiger partial charge in [-0.05, 0) is 39.0 Å². The van der Waals surface area contributed by atoms with Gasteiger partial charge < -0.3 is 15.2 Å². The van der Waals surface area contributed by atoms with E-state index in [2.05, 4.69) is 5.32 Å². The number of carboxylic acid groups (broad SMARTS) is 1. The van der Waals surface area contributed by atoms with Crippen LogP contribution in [0, 0.1) is 17.8 Å². The van der Waals surface area contributed by atoms with Crippen LogP contribution in [0.5, 0.6) is 0 Å². The largest absolute Gasteiger partial charge is 0.481 e. The van der Waals surface area contributed by atoms with Crippen molar-refractivity contribution in [3.63, 3.8) is 0 Å². The van der Waals surface area contributed by atoms with Crippen LogP contribution in [0.15, 0.2) is 0 Å². The standard InChI is InChI=1S/C14H23NO4/c1-8-6-10(11(7-8)13(17)18)12(16)15-14(3)4-5-19-9(14)2/h8-11H,4-7H2,1-3H3,(H,15,16)(H,17,18)/t8?,9?,10-,11+,14?/m0/s1. The number of carbonyl (C=O) groups is 2. The highest BCUT2D eigenvalue weighted by Gasteiger charge is 2.45. The van der Waals surface area contributed by atoms with E-state index in [-0.39, 0.29) is 17.6 Å². The maximum atomic E-state index is 12.4. The average molecular weight is 269 g/mol.